The minimum atomic E-state index is -0.503. The summed E-state index contributed by atoms with van der Waals surface area (Å²) in [5.74, 6) is 0.649. The van der Waals surface area contributed by atoms with Crippen LogP contribution in [-0.2, 0) is 9.59 Å². The van der Waals surface area contributed by atoms with Crippen molar-refractivity contribution >= 4 is 35.6 Å². The van der Waals surface area contributed by atoms with E-state index < -0.39 is 6.10 Å². The van der Waals surface area contributed by atoms with Crippen LogP contribution in [0.2, 0.25) is 0 Å². The van der Waals surface area contributed by atoms with Gasteiger partial charge in [-0.1, -0.05) is 6.42 Å². The number of rotatable bonds is 3. The van der Waals surface area contributed by atoms with Gasteiger partial charge in [0.05, 0.1) is 5.69 Å². The maximum absolute atomic E-state index is 12.1. The summed E-state index contributed by atoms with van der Waals surface area (Å²) in [4.78, 5) is 23.7. The van der Waals surface area contributed by atoms with E-state index in [2.05, 4.69) is 10.6 Å². The molecule has 3 rings (SSSR count). The van der Waals surface area contributed by atoms with Crippen LogP contribution >= 0.6 is 12.4 Å². The van der Waals surface area contributed by atoms with E-state index in [1.807, 2.05) is 0 Å². The highest BCUT2D eigenvalue weighted by molar-refractivity contribution is 5.99. The Hall–Kier alpha value is -1.79. The Balaban J connectivity index is 0.00000192. The van der Waals surface area contributed by atoms with Crippen LogP contribution in [-0.4, -0.2) is 24.0 Å². The molecule has 0 aromatic heterocycles. The average molecular weight is 340 g/mol. The smallest absolute Gasteiger partial charge is 0.265 e. The van der Waals surface area contributed by atoms with Gasteiger partial charge < -0.3 is 21.1 Å². The number of nitrogens with one attached hydrogen (secondary N) is 2. The molecule has 1 aliphatic carbocycles. The van der Waals surface area contributed by atoms with Crippen molar-refractivity contribution < 1.29 is 14.3 Å². The number of hydrogen-bond donors (Lipinski definition) is 3. The molecule has 4 N–H and O–H groups in total. The van der Waals surface area contributed by atoms with Crippen LogP contribution in [0.1, 0.15) is 32.6 Å². The van der Waals surface area contributed by atoms with Crippen LogP contribution < -0.4 is 21.1 Å². The molecule has 0 spiro atoms. The van der Waals surface area contributed by atoms with Gasteiger partial charge in [0.25, 0.3) is 5.91 Å². The maximum atomic E-state index is 12.1. The number of hydrogen-bond acceptors (Lipinski definition) is 4. The average Bonchev–Trinajstić information content (AvgIpc) is 2.86. The second-order valence-corrected chi connectivity index (χ2v) is 6.07. The molecular formula is C16H22ClN3O3. The number of carbonyl (C=O) groups is 2. The fourth-order valence-corrected chi connectivity index (χ4v) is 3.06. The van der Waals surface area contributed by atoms with Crippen molar-refractivity contribution in [2.75, 3.05) is 10.6 Å². The Morgan fingerprint density at radius 1 is 1.43 bits per heavy atom. The molecule has 0 radical (unpaired) electrons. The van der Waals surface area contributed by atoms with Crippen LogP contribution in [0.15, 0.2) is 18.2 Å². The Kier molecular flexibility index (Phi) is 5.49. The molecule has 1 aliphatic heterocycles. The molecule has 1 aromatic carbocycles. The predicted octanol–water partition coefficient (Wildman–Crippen LogP) is 2.28. The zero-order chi connectivity index (χ0) is 15.7. The molecule has 1 unspecified atom stereocenters. The summed E-state index contributed by atoms with van der Waals surface area (Å²) in [5.41, 5.74) is 7.22. The van der Waals surface area contributed by atoms with Gasteiger partial charge in [0, 0.05) is 18.2 Å². The molecule has 1 heterocycles. The van der Waals surface area contributed by atoms with Gasteiger partial charge in [-0.2, -0.15) is 0 Å². The lowest BCUT2D eigenvalue weighted by atomic mass is 10.00. The van der Waals surface area contributed by atoms with Gasteiger partial charge in [-0.05, 0) is 43.9 Å². The van der Waals surface area contributed by atoms with E-state index in [0.717, 1.165) is 19.3 Å². The normalized spacial score (nSPS) is 25.7. The zero-order valence-electron chi connectivity index (χ0n) is 13.0. The second kappa shape index (κ2) is 7.19. The summed E-state index contributed by atoms with van der Waals surface area (Å²) >= 11 is 0. The van der Waals surface area contributed by atoms with Crippen LogP contribution in [0.3, 0.4) is 0 Å². The summed E-state index contributed by atoms with van der Waals surface area (Å²) in [6.07, 6.45) is 3.05. The number of halogens is 1. The SMILES string of the molecule is CC1Oc2ccc(NC(=O)C[C@@H]3CCC[C@H]3N)cc2NC1=O.Cl. The van der Waals surface area contributed by atoms with Crippen molar-refractivity contribution in [2.24, 2.45) is 11.7 Å². The standard InChI is InChI=1S/C16H21N3O3.ClH/c1-9-16(21)19-13-8-11(5-6-14(13)22-9)18-15(20)7-10-3-2-4-12(10)17;/h5-6,8-10,12H,2-4,7,17H2,1H3,(H,18,20)(H,19,21);1H/t9?,10-,12+;/m0./s1. The van der Waals surface area contributed by atoms with Gasteiger partial charge in [0.15, 0.2) is 6.10 Å². The van der Waals surface area contributed by atoms with E-state index in [0.29, 0.717) is 23.5 Å². The lowest BCUT2D eigenvalue weighted by Crippen LogP contribution is -2.34. The largest absolute Gasteiger partial charge is 0.479 e. The Labute approximate surface area is 141 Å². The first-order valence-electron chi connectivity index (χ1n) is 7.70. The summed E-state index contributed by atoms with van der Waals surface area (Å²) < 4.78 is 5.48. The second-order valence-electron chi connectivity index (χ2n) is 6.07. The predicted molar refractivity (Wildman–Crippen MR) is 91.0 cm³/mol. The Morgan fingerprint density at radius 3 is 2.91 bits per heavy atom. The first-order chi connectivity index (χ1) is 10.5. The first-order valence-corrected chi connectivity index (χ1v) is 7.70. The molecular weight excluding hydrogens is 318 g/mol. The fourth-order valence-electron chi connectivity index (χ4n) is 3.06. The van der Waals surface area contributed by atoms with E-state index in [-0.39, 0.29) is 36.2 Å². The number of carbonyl (C=O) groups excluding carboxylic acids is 2. The summed E-state index contributed by atoms with van der Waals surface area (Å²) in [6.45, 7) is 1.69. The Bertz CT molecular complexity index is 608. The lowest BCUT2D eigenvalue weighted by Gasteiger charge is -2.23. The minimum Gasteiger partial charge on any atom is -0.479 e. The van der Waals surface area contributed by atoms with Gasteiger partial charge in [-0.25, -0.2) is 0 Å². The van der Waals surface area contributed by atoms with Crippen molar-refractivity contribution in [1.29, 1.82) is 0 Å². The summed E-state index contributed by atoms with van der Waals surface area (Å²) in [7, 11) is 0. The molecule has 3 atom stereocenters. The van der Waals surface area contributed by atoms with Crippen molar-refractivity contribution in [3.05, 3.63) is 18.2 Å². The highest BCUT2D eigenvalue weighted by Crippen LogP contribution is 2.32. The molecule has 6 nitrogen and oxygen atoms in total. The van der Waals surface area contributed by atoms with E-state index in [1.54, 1.807) is 25.1 Å². The summed E-state index contributed by atoms with van der Waals surface area (Å²) in [5, 5.41) is 5.63. The molecule has 1 saturated carbocycles. The molecule has 0 saturated heterocycles. The van der Waals surface area contributed by atoms with Gasteiger partial charge in [0.1, 0.15) is 5.75 Å². The third-order valence-corrected chi connectivity index (χ3v) is 4.36. The number of benzene rings is 1. The van der Waals surface area contributed by atoms with Crippen molar-refractivity contribution in [1.82, 2.24) is 0 Å². The van der Waals surface area contributed by atoms with Crippen LogP contribution in [0, 0.1) is 5.92 Å². The van der Waals surface area contributed by atoms with Crippen LogP contribution in [0.25, 0.3) is 0 Å². The molecule has 23 heavy (non-hydrogen) atoms. The lowest BCUT2D eigenvalue weighted by molar-refractivity contribution is -0.122. The quantitative estimate of drug-likeness (QED) is 0.787. The topological polar surface area (TPSA) is 93.4 Å². The fraction of sp³-hybridized carbons (Fsp3) is 0.500. The third-order valence-electron chi connectivity index (χ3n) is 4.36. The van der Waals surface area contributed by atoms with Gasteiger partial charge in [-0.15, -0.1) is 12.4 Å². The van der Waals surface area contributed by atoms with Crippen LogP contribution in [0.5, 0.6) is 5.75 Å². The van der Waals surface area contributed by atoms with Crippen molar-refractivity contribution in [3.8, 4) is 5.75 Å². The number of nitrogens with two attached hydrogens (primary N) is 1. The highest BCUT2D eigenvalue weighted by atomic mass is 35.5. The molecule has 126 valence electrons. The molecule has 2 aliphatic rings. The molecule has 7 heteroatoms. The number of ether oxygens (including phenoxy) is 1. The van der Waals surface area contributed by atoms with Crippen molar-refractivity contribution in [3.63, 3.8) is 0 Å². The first kappa shape index (κ1) is 17.6. The molecule has 1 aromatic rings. The van der Waals surface area contributed by atoms with Crippen LogP contribution in [0.4, 0.5) is 11.4 Å². The molecule has 0 bridgehead atoms. The van der Waals surface area contributed by atoms with Gasteiger partial charge in [0.2, 0.25) is 5.91 Å². The van der Waals surface area contributed by atoms with Crippen molar-refractivity contribution in [2.45, 2.75) is 44.8 Å². The van der Waals surface area contributed by atoms with E-state index >= 15 is 0 Å². The highest BCUT2D eigenvalue weighted by Gasteiger charge is 2.27. The van der Waals surface area contributed by atoms with E-state index in [1.165, 1.54) is 0 Å². The molecule has 1 fully saturated rings. The monoisotopic (exact) mass is 339 g/mol. The van der Waals surface area contributed by atoms with E-state index in [9.17, 15) is 9.59 Å². The number of anilines is 2. The number of fused-ring (bicyclic) bond motifs is 1. The minimum absolute atomic E-state index is 0. The van der Waals surface area contributed by atoms with Gasteiger partial charge >= 0.3 is 0 Å². The maximum Gasteiger partial charge on any atom is 0.265 e. The number of amides is 2. The Morgan fingerprint density at radius 2 is 2.22 bits per heavy atom. The third kappa shape index (κ3) is 3.95. The van der Waals surface area contributed by atoms with E-state index in [4.69, 9.17) is 10.5 Å². The zero-order valence-corrected chi connectivity index (χ0v) is 13.8. The molecule has 2 amide bonds. The summed E-state index contributed by atoms with van der Waals surface area (Å²) in [6, 6.07) is 5.37. The van der Waals surface area contributed by atoms with Gasteiger partial charge in [-0.3, -0.25) is 9.59 Å².